The number of carboxylic acids is 1. The van der Waals surface area contributed by atoms with Gasteiger partial charge in [-0.05, 0) is 24.1 Å². The molecule has 2 N–H and O–H groups in total. The van der Waals surface area contributed by atoms with E-state index in [1.165, 1.54) is 0 Å². The molecule has 1 aliphatic rings. The molecule has 2 rings (SSSR count). The van der Waals surface area contributed by atoms with Crippen molar-refractivity contribution in [1.82, 2.24) is 10.3 Å². The Morgan fingerprint density at radius 3 is 3.00 bits per heavy atom. The zero-order valence-corrected chi connectivity index (χ0v) is 10.3. The monoisotopic (exact) mass is 263 g/mol. The van der Waals surface area contributed by atoms with E-state index in [9.17, 15) is 9.59 Å². The number of nitrogens with zero attached hydrogens (tertiary/aromatic N) is 2. The zero-order chi connectivity index (χ0) is 13.8. The Morgan fingerprint density at radius 2 is 2.37 bits per heavy atom. The fourth-order valence-corrected chi connectivity index (χ4v) is 1.64. The molecular formula is C12H13N3O4. The van der Waals surface area contributed by atoms with Crippen molar-refractivity contribution in [3.8, 4) is 0 Å². The van der Waals surface area contributed by atoms with Gasteiger partial charge in [0.1, 0.15) is 0 Å². The molecule has 0 saturated heterocycles. The lowest BCUT2D eigenvalue weighted by Gasteiger charge is -2.10. The highest BCUT2D eigenvalue weighted by Gasteiger charge is 2.31. The Labute approximate surface area is 109 Å². The molecule has 0 saturated carbocycles. The number of hydrogen-bond donors (Lipinski definition) is 2. The van der Waals surface area contributed by atoms with Gasteiger partial charge in [0.05, 0.1) is 0 Å². The number of carbonyl (C=O) groups excluding carboxylic acids is 1. The Balaban J connectivity index is 1.87. The number of rotatable bonds is 4. The first-order valence-electron chi connectivity index (χ1n) is 5.71. The third-order valence-corrected chi connectivity index (χ3v) is 2.80. The average molecular weight is 263 g/mol. The van der Waals surface area contributed by atoms with Gasteiger partial charge in [0.2, 0.25) is 6.10 Å². The van der Waals surface area contributed by atoms with Crippen LogP contribution in [0.15, 0.2) is 23.6 Å². The van der Waals surface area contributed by atoms with Gasteiger partial charge in [0.25, 0.3) is 5.91 Å². The van der Waals surface area contributed by atoms with Gasteiger partial charge in [-0.25, -0.2) is 4.79 Å². The van der Waals surface area contributed by atoms with Gasteiger partial charge in [-0.2, -0.15) is 0 Å². The van der Waals surface area contributed by atoms with Crippen LogP contribution in [0.3, 0.4) is 0 Å². The van der Waals surface area contributed by atoms with Crippen molar-refractivity contribution in [2.75, 3.05) is 0 Å². The number of aryl methyl sites for hydroxylation is 1. The second kappa shape index (κ2) is 5.47. The highest BCUT2D eigenvalue weighted by molar-refractivity contribution is 6.36. The molecule has 0 spiro atoms. The molecule has 1 aromatic rings. The number of carboxylic acid groups (broad SMARTS) is 1. The van der Waals surface area contributed by atoms with E-state index in [0.717, 1.165) is 11.1 Å². The molecule has 1 aliphatic heterocycles. The van der Waals surface area contributed by atoms with Crippen molar-refractivity contribution < 1.29 is 19.5 Å². The van der Waals surface area contributed by atoms with Crippen molar-refractivity contribution in [3.05, 3.63) is 29.6 Å². The molecule has 100 valence electrons. The van der Waals surface area contributed by atoms with Crippen LogP contribution in [-0.2, 0) is 21.0 Å². The van der Waals surface area contributed by atoms with Crippen LogP contribution in [0.4, 0.5) is 0 Å². The van der Waals surface area contributed by atoms with Crippen LogP contribution in [0.2, 0.25) is 0 Å². The fraction of sp³-hybridized carbons (Fsp3) is 0.333. The van der Waals surface area contributed by atoms with Crippen LogP contribution >= 0.6 is 0 Å². The molecule has 7 heteroatoms. The lowest BCUT2D eigenvalue weighted by molar-refractivity contribution is -0.131. The first-order chi connectivity index (χ1) is 9.08. The first-order valence-corrected chi connectivity index (χ1v) is 5.71. The summed E-state index contributed by atoms with van der Waals surface area (Å²) < 4.78 is 0. The van der Waals surface area contributed by atoms with Crippen LogP contribution in [0, 0.1) is 6.92 Å². The predicted molar refractivity (Wildman–Crippen MR) is 65.4 cm³/mol. The van der Waals surface area contributed by atoms with Crippen molar-refractivity contribution in [1.29, 1.82) is 0 Å². The summed E-state index contributed by atoms with van der Waals surface area (Å²) in [7, 11) is 0. The molecule has 0 bridgehead atoms. The van der Waals surface area contributed by atoms with Crippen molar-refractivity contribution >= 4 is 17.6 Å². The fourth-order valence-electron chi connectivity index (χ4n) is 1.64. The van der Waals surface area contributed by atoms with Crippen LogP contribution in [0.25, 0.3) is 0 Å². The van der Waals surface area contributed by atoms with E-state index in [0.29, 0.717) is 6.54 Å². The number of carbonyl (C=O) groups is 2. The van der Waals surface area contributed by atoms with Crippen LogP contribution in [0.5, 0.6) is 0 Å². The van der Waals surface area contributed by atoms with Gasteiger partial charge in [0, 0.05) is 25.4 Å². The van der Waals surface area contributed by atoms with Gasteiger partial charge >= 0.3 is 5.97 Å². The second-order valence-electron chi connectivity index (χ2n) is 4.16. The predicted octanol–water partition coefficient (Wildman–Crippen LogP) is 0.236. The molecule has 19 heavy (non-hydrogen) atoms. The lowest BCUT2D eigenvalue weighted by Crippen LogP contribution is -2.35. The third kappa shape index (κ3) is 3.06. The average Bonchev–Trinajstić information content (AvgIpc) is 2.87. The molecule has 1 atom stereocenters. The smallest absolute Gasteiger partial charge is 0.353 e. The number of nitrogens with one attached hydrogen (secondary N) is 1. The summed E-state index contributed by atoms with van der Waals surface area (Å²) in [6, 6.07) is 1.81. The van der Waals surface area contributed by atoms with E-state index in [-0.39, 0.29) is 18.0 Å². The SMILES string of the molecule is Cc1cnccc1CNC(=O)C1CC(C(=O)O)=NO1. The van der Waals surface area contributed by atoms with Gasteiger partial charge in [0.15, 0.2) is 5.71 Å². The summed E-state index contributed by atoms with van der Waals surface area (Å²) >= 11 is 0. The van der Waals surface area contributed by atoms with Crippen LogP contribution < -0.4 is 5.32 Å². The lowest BCUT2D eigenvalue weighted by atomic mass is 10.1. The Bertz CT molecular complexity index is 542. The van der Waals surface area contributed by atoms with E-state index in [4.69, 9.17) is 9.94 Å². The Morgan fingerprint density at radius 1 is 1.58 bits per heavy atom. The number of pyridine rings is 1. The maximum atomic E-state index is 11.8. The molecular weight excluding hydrogens is 250 g/mol. The zero-order valence-electron chi connectivity index (χ0n) is 10.3. The number of oxime groups is 1. The summed E-state index contributed by atoms with van der Waals surface area (Å²) in [6.45, 7) is 2.24. The highest BCUT2D eigenvalue weighted by atomic mass is 16.6. The van der Waals surface area contributed by atoms with Crippen LogP contribution in [-0.4, -0.2) is 33.8 Å². The summed E-state index contributed by atoms with van der Waals surface area (Å²) in [5.74, 6) is -1.54. The molecule has 0 radical (unpaired) electrons. The normalized spacial score (nSPS) is 17.5. The number of aliphatic carboxylic acids is 1. The van der Waals surface area contributed by atoms with E-state index in [1.807, 2.05) is 13.0 Å². The van der Waals surface area contributed by atoms with Gasteiger partial charge in [-0.15, -0.1) is 0 Å². The number of amides is 1. The van der Waals surface area contributed by atoms with E-state index >= 15 is 0 Å². The summed E-state index contributed by atoms with van der Waals surface area (Å²) in [4.78, 5) is 31.2. The summed E-state index contributed by atoms with van der Waals surface area (Å²) in [5.41, 5.74) is 1.78. The van der Waals surface area contributed by atoms with Gasteiger partial charge in [-0.1, -0.05) is 5.16 Å². The van der Waals surface area contributed by atoms with Gasteiger partial charge in [-0.3, -0.25) is 9.78 Å². The standard InChI is InChI=1S/C12H13N3O4/c1-7-5-13-3-2-8(7)6-14-11(16)10-4-9(12(17)18)15-19-10/h2-3,5,10H,4,6H2,1H3,(H,14,16)(H,17,18). The summed E-state index contributed by atoms with van der Waals surface area (Å²) in [6.07, 6.45) is 2.47. The van der Waals surface area contributed by atoms with Crippen LogP contribution in [0.1, 0.15) is 17.5 Å². The van der Waals surface area contributed by atoms with E-state index in [1.54, 1.807) is 12.4 Å². The molecule has 2 heterocycles. The molecule has 1 amide bonds. The minimum absolute atomic E-state index is 0.0174. The first kappa shape index (κ1) is 13.0. The van der Waals surface area contributed by atoms with E-state index < -0.39 is 12.1 Å². The Kier molecular flexibility index (Phi) is 3.74. The molecule has 7 nitrogen and oxygen atoms in total. The second-order valence-corrected chi connectivity index (χ2v) is 4.16. The van der Waals surface area contributed by atoms with Crippen molar-refractivity contribution in [2.24, 2.45) is 5.16 Å². The quantitative estimate of drug-likeness (QED) is 0.810. The molecule has 0 aromatic carbocycles. The number of aromatic nitrogens is 1. The third-order valence-electron chi connectivity index (χ3n) is 2.80. The molecule has 1 unspecified atom stereocenters. The largest absolute Gasteiger partial charge is 0.477 e. The van der Waals surface area contributed by atoms with Gasteiger partial charge < -0.3 is 15.3 Å². The Hall–Kier alpha value is -2.44. The highest BCUT2D eigenvalue weighted by Crippen LogP contribution is 2.11. The number of hydrogen-bond acceptors (Lipinski definition) is 5. The molecule has 1 aromatic heterocycles. The molecule has 0 fully saturated rings. The molecule has 0 aliphatic carbocycles. The van der Waals surface area contributed by atoms with Crippen molar-refractivity contribution in [3.63, 3.8) is 0 Å². The maximum Gasteiger partial charge on any atom is 0.353 e. The summed E-state index contributed by atoms with van der Waals surface area (Å²) in [5, 5.41) is 14.7. The topological polar surface area (TPSA) is 101 Å². The van der Waals surface area contributed by atoms with Crippen molar-refractivity contribution in [2.45, 2.75) is 26.0 Å². The maximum absolute atomic E-state index is 11.8. The minimum atomic E-state index is -1.17. The minimum Gasteiger partial charge on any atom is -0.477 e. The van der Waals surface area contributed by atoms with E-state index in [2.05, 4.69) is 15.5 Å².